The third-order valence-corrected chi connectivity index (χ3v) is 6.20. The number of hydrogen-bond acceptors (Lipinski definition) is 4. The lowest BCUT2D eigenvalue weighted by molar-refractivity contribution is -0.117. The van der Waals surface area contributed by atoms with Crippen molar-refractivity contribution in [2.75, 3.05) is 11.4 Å². The van der Waals surface area contributed by atoms with Gasteiger partial charge in [-0.05, 0) is 43.2 Å². The van der Waals surface area contributed by atoms with Crippen molar-refractivity contribution >= 4 is 28.5 Å². The third kappa shape index (κ3) is 3.99. The van der Waals surface area contributed by atoms with E-state index in [1.54, 1.807) is 30.0 Å². The fraction of sp³-hybridized carbons (Fsp3) is 0.179. The molecule has 0 saturated carbocycles. The molecule has 34 heavy (non-hydrogen) atoms. The fourth-order valence-electron chi connectivity index (χ4n) is 4.35. The summed E-state index contributed by atoms with van der Waals surface area (Å²) in [6, 6.07) is 22.0. The number of benzene rings is 3. The molecule has 1 N–H and O–H groups in total. The Morgan fingerprint density at radius 1 is 0.971 bits per heavy atom. The Morgan fingerprint density at radius 2 is 1.74 bits per heavy atom. The maximum atomic E-state index is 13.1. The molecule has 0 unspecified atom stereocenters. The molecular formula is C28H24N2O4. The van der Waals surface area contributed by atoms with Gasteiger partial charge in [0.25, 0.3) is 5.91 Å². The summed E-state index contributed by atoms with van der Waals surface area (Å²) in [5, 5.41) is 3.30. The minimum Gasteiger partial charge on any atom is -0.455 e. The van der Waals surface area contributed by atoms with Gasteiger partial charge in [0.15, 0.2) is 11.0 Å². The molecule has 5 rings (SSSR count). The molecule has 0 spiro atoms. The van der Waals surface area contributed by atoms with Crippen LogP contribution in [0, 0.1) is 6.92 Å². The molecule has 1 aromatic heterocycles. The molecule has 1 fully saturated rings. The molecule has 0 bridgehead atoms. The van der Waals surface area contributed by atoms with Gasteiger partial charge in [0.2, 0.25) is 5.91 Å². The number of fused-ring (bicyclic) bond motifs is 1. The van der Waals surface area contributed by atoms with E-state index < -0.39 is 0 Å². The lowest BCUT2D eigenvalue weighted by Gasteiger charge is -2.16. The van der Waals surface area contributed by atoms with E-state index in [1.165, 1.54) is 0 Å². The number of anilines is 1. The van der Waals surface area contributed by atoms with E-state index in [2.05, 4.69) is 5.32 Å². The van der Waals surface area contributed by atoms with Gasteiger partial charge in [-0.1, -0.05) is 48.5 Å². The van der Waals surface area contributed by atoms with E-state index in [0.29, 0.717) is 35.2 Å². The number of para-hydroxylation sites is 1. The monoisotopic (exact) mass is 452 g/mol. The first-order valence-electron chi connectivity index (χ1n) is 11.3. The minimum absolute atomic E-state index is 0.142. The van der Waals surface area contributed by atoms with Crippen molar-refractivity contribution in [2.24, 2.45) is 0 Å². The molecule has 1 aliphatic heterocycles. The molecule has 170 valence electrons. The summed E-state index contributed by atoms with van der Waals surface area (Å²) in [4.78, 5) is 39.8. The van der Waals surface area contributed by atoms with Gasteiger partial charge in [-0.3, -0.25) is 14.4 Å². The Balaban J connectivity index is 1.40. The molecule has 6 heteroatoms. The van der Waals surface area contributed by atoms with Crippen molar-refractivity contribution in [3.63, 3.8) is 0 Å². The maximum absolute atomic E-state index is 13.1. The molecule has 0 radical (unpaired) electrons. The number of carbonyl (C=O) groups excluding carboxylic acids is 2. The van der Waals surface area contributed by atoms with Crippen molar-refractivity contribution in [3.8, 4) is 11.3 Å². The van der Waals surface area contributed by atoms with Crippen LogP contribution in [0.5, 0.6) is 0 Å². The number of hydrogen-bond donors (Lipinski definition) is 1. The van der Waals surface area contributed by atoms with Crippen molar-refractivity contribution < 1.29 is 14.0 Å². The summed E-state index contributed by atoms with van der Waals surface area (Å²) < 4.78 is 6.15. The van der Waals surface area contributed by atoms with Gasteiger partial charge in [-0.25, -0.2) is 0 Å². The molecule has 3 aromatic carbocycles. The Morgan fingerprint density at radius 3 is 2.44 bits per heavy atom. The van der Waals surface area contributed by atoms with Gasteiger partial charge in [0.1, 0.15) is 5.76 Å². The van der Waals surface area contributed by atoms with Crippen molar-refractivity contribution in [1.82, 2.24) is 5.32 Å². The highest BCUT2D eigenvalue weighted by Gasteiger charge is 2.21. The van der Waals surface area contributed by atoms with Crippen LogP contribution < -0.4 is 15.6 Å². The summed E-state index contributed by atoms with van der Waals surface area (Å²) in [6.07, 6.45) is 1.47. The van der Waals surface area contributed by atoms with E-state index in [9.17, 15) is 14.4 Å². The van der Waals surface area contributed by atoms with Crippen LogP contribution in [0.15, 0.2) is 82.0 Å². The summed E-state index contributed by atoms with van der Waals surface area (Å²) in [7, 11) is 0. The summed E-state index contributed by atoms with van der Waals surface area (Å²) in [5.41, 5.74) is 3.51. The van der Waals surface area contributed by atoms with Crippen LogP contribution in [0.2, 0.25) is 0 Å². The highest BCUT2D eigenvalue weighted by Crippen LogP contribution is 2.27. The van der Waals surface area contributed by atoms with E-state index in [1.807, 2.05) is 54.6 Å². The first-order valence-corrected chi connectivity index (χ1v) is 11.3. The van der Waals surface area contributed by atoms with E-state index in [-0.39, 0.29) is 22.8 Å². The molecule has 1 saturated heterocycles. The first-order chi connectivity index (χ1) is 16.5. The van der Waals surface area contributed by atoms with Gasteiger partial charge < -0.3 is 14.6 Å². The first kappa shape index (κ1) is 21.6. The molecule has 1 aliphatic rings. The molecule has 6 nitrogen and oxygen atoms in total. The topological polar surface area (TPSA) is 79.6 Å². The highest BCUT2D eigenvalue weighted by atomic mass is 16.3. The smallest absolute Gasteiger partial charge is 0.255 e. The van der Waals surface area contributed by atoms with Crippen molar-refractivity contribution in [1.29, 1.82) is 0 Å². The predicted molar refractivity (Wildman–Crippen MR) is 132 cm³/mol. The standard InChI is InChI=1S/C28H24N2O4/c1-18-25(32)22-9-5-10-23(27(22)34-26(18)20-7-3-2-4-8-20)28(33)29-17-19-12-14-21(15-13-19)30-16-6-11-24(30)31/h2-5,7-10,12-15H,6,11,16-17H2,1H3,(H,29,33). The summed E-state index contributed by atoms with van der Waals surface area (Å²) >= 11 is 0. The van der Waals surface area contributed by atoms with E-state index >= 15 is 0 Å². The molecule has 0 aliphatic carbocycles. The summed E-state index contributed by atoms with van der Waals surface area (Å²) in [6.45, 7) is 2.79. The zero-order valence-corrected chi connectivity index (χ0v) is 18.8. The lowest BCUT2D eigenvalue weighted by atomic mass is 10.0. The van der Waals surface area contributed by atoms with Crippen LogP contribution in [0.3, 0.4) is 0 Å². The SMILES string of the molecule is Cc1c(-c2ccccc2)oc2c(C(=O)NCc3ccc(N4CCCC4=O)cc3)cccc2c1=O. The van der Waals surface area contributed by atoms with Gasteiger partial charge >= 0.3 is 0 Å². The van der Waals surface area contributed by atoms with Crippen LogP contribution in [0.4, 0.5) is 5.69 Å². The fourth-order valence-corrected chi connectivity index (χ4v) is 4.35. The number of carbonyl (C=O) groups is 2. The number of nitrogens with one attached hydrogen (secondary N) is 1. The number of amides is 2. The maximum Gasteiger partial charge on any atom is 0.255 e. The quantitative estimate of drug-likeness (QED) is 0.471. The summed E-state index contributed by atoms with van der Waals surface area (Å²) in [5.74, 6) is 0.282. The number of nitrogens with zero attached hydrogens (tertiary/aromatic N) is 1. The number of rotatable bonds is 5. The van der Waals surface area contributed by atoms with Gasteiger partial charge in [-0.2, -0.15) is 0 Å². The third-order valence-electron chi connectivity index (χ3n) is 6.20. The van der Waals surface area contributed by atoms with Crippen LogP contribution in [-0.2, 0) is 11.3 Å². The van der Waals surface area contributed by atoms with Crippen LogP contribution in [-0.4, -0.2) is 18.4 Å². The zero-order chi connectivity index (χ0) is 23.7. The second-order valence-electron chi connectivity index (χ2n) is 8.43. The molecule has 2 amide bonds. The highest BCUT2D eigenvalue weighted by molar-refractivity contribution is 6.05. The van der Waals surface area contributed by atoms with Crippen LogP contribution in [0.25, 0.3) is 22.3 Å². The Bertz CT molecular complexity index is 1440. The average Bonchev–Trinajstić information content (AvgIpc) is 3.31. The van der Waals surface area contributed by atoms with Crippen LogP contribution in [0.1, 0.15) is 34.3 Å². The van der Waals surface area contributed by atoms with E-state index in [0.717, 1.165) is 29.8 Å². The second-order valence-corrected chi connectivity index (χ2v) is 8.43. The second kappa shape index (κ2) is 8.98. The Kier molecular flexibility index (Phi) is 5.72. The van der Waals surface area contributed by atoms with Gasteiger partial charge in [0.05, 0.1) is 10.9 Å². The lowest BCUT2D eigenvalue weighted by Crippen LogP contribution is -2.24. The average molecular weight is 453 g/mol. The Hall–Kier alpha value is -4.19. The minimum atomic E-state index is -0.324. The van der Waals surface area contributed by atoms with E-state index in [4.69, 9.17) is 4.42 Å². The largest absolute Gasteiger partial charge is 0.455 e. The molecule has 2 heterocycles. The molecular weight excluding hydrogens is 428 g/mol. The molecule has 0 atom stereocenters. The predicted octanol–water partition coefficient (Wildman–Crippen LogP) is 4.83. The Labute approximate surface area is 196 Å². The van der Waals surface area contributed by atoms with Crippen molar-refractivity contribution in [2.45, 2.75) is 26.3 Å². The van der Waals surface area contributed by atoms with Gasteiger partial charge in [0, 0.05) is 36.3 Å². The van der Waals surface area contributed by atoms with Gasteiger partial charge in [-0.15, -0.1) is 0 Å². The van der Waals surface area contributed by atoms with Crippen molar-refractivity contribution in [3.05, 3.63) is 99.7 Å². The molecule has 4 aromatic rings. The van der Waals surface area contributed by atoms with Crippen LogP contribution >= 0.6 is 0 Å². The zero-order valence-electron chi connectivity index (χ0n) is 18.8. The normalized spacial score (nSPS) is 13.4.